The first-order chi connectivity index (χ1) is 6.63. The van der Waals surface area contributed by atoms with Crippen molar-refractivity contribution in [3.63, 3.8) is 0 Å². The maximum absolute atomic E-state index is 12.9. The van der Waals surface area contributed by atoms with Gasteiger partial charge >= 0.3 is 0 Å². The zero-order valence-electron chi connectivity index (χ0n) is 7.41. The van der Waals surface area contributed by atoms with Gasteiger partial charge in [0.15, 0.2) is 11.6 Å². The Balaban J connectivity index is 2.62. The summed E-state index contributed by atoms with van der Waals surface area (Å²) >= 11 is 0. The minimum atomic E-state index is -0.877. The largest absolute Gasteiger partial charge is 0.488 e. The van der Waals surface area contributed by atoms with Gasteiger partial charge in [-0.3, -0.25) is 0 Å². The predicted octanol–water partition coefficient (Wildman–Crippen LogP) is 0.663. The number of benzene rings is 1. The summed E-state index contributed by atoms with van der Waals surface area (Å²) in [5, 5.41) is 9.01. The maximum Gasteiger partial charge on any atom is 0.165 e. The summed E-state index contributed by atoms with van der Waals surface area (Å²) < 4.78 is 30.4. The monoisotopic (exact) mass is 203 g/mol. The van der Waals surface area contributed by atoms with E-state index in [4.69, 9.17) is 15.6 Å². The Morgan fingerprint density at radius 3 is 2.79 bits per heavy atom. The molecule has 78 valence electrons. The van der Waals surface area contributed by atoms with Crippen LogP contribution in [-0.2, 0) is 0 Å². The van der Waals surface area contributed by atoms with Gasteiger partial charge < -0.3 is 15.6 Å². The average Bonchev–Trinajstić information content (AvgIpc) is 2.19. The Bertz CT molecular complexity index is 307. The van der Waals surface area contributed by atoms with E-state index in [0.29, 0.717) is 0 Å². The van der Waals surface area contributed by atoms with Crippen LogP contribution in [0.15, 0.2) is 18.2 Å². The van der Waals surface area contributed by atoms with Gasteiger partial charge in [-0.15, -0.1) is 0 Å². The molecular weight excluding hydrogens is 192 g/mol. The van der Waals surface area contributed by atoms with Crippen LogP contribution in [0, 0.1) is 11.6 Å². The normalized spacial score (nSPS) is 12.6. The second-order valence-electron chi connectivity index (χ2n) is 2.78. The molecule has 1 aromatic carbocycles. The predicted molar refractivity (Wildman–Crippen MR) is 46.9 cm³/mol. The van der Waals surface area contributed by atoms with Crippen LogP contribution >= 0.6 is 0 Å². The Morgan fingerprint density at radius 1 is 1.43 bits per heavy atom. The number of nitrogens with two attached hydrogens (primary N) is 1. The average molecular weight is 203 g/mol. The van der Waals surface area contributed by atoms with Gasteiger partial charge in [-0.05, 0) is 12.1 Å². The molecule has 5 heteroatoms. The van der Waals surface area contributed by atoms with Crippen LogP contribution < -0.4 is 10.5 Å². The van der Waals surface area contributed by atoms with Gasteiger partial charge in [0.1, 0.15) is 18.5 Å². The minimum absolute atomic E-state index is 0.0108. The lowest BCUT2D eigenvalue weighted by Crippen LogP contribution is -2.26. The van der Waals surface area contributed by atoms with Crippen LogP contribution in [0.2, 0.25) is 0 Å². The van der Waals surface area contributed by atoms with Gasteiger partial charge in [-0.1, -0.05) is 0 Å². The van der Waals surface area contributed by atoms with Crippen LogP contribution in [0.5, 0.6) is 5.75 Å². The molecule has 0 heterocycles. The molecule has 0 aliphatic rings. The fourth-order valence-corrected chi connectivity index (χ4v) is 0.842. The smallest absolute Gasteiger partial charge is 0.165 e. The van der Waals surface area contributed by atoms with Gasteiger partial charge in [-0.2, -0.15) is 0 Å². The van der Waals surface area contributed by atoms with E-state index in [-0.39, 0.29) is 18.9 Å². The van der Waals surface area contributed by atoms with E-state index in [2.05, 4.69) is 0 Å². The first kappa shape index (κ1) is 10.9. The first-order valence-electron chi connectivity index (χ1n) is 4.09. The van der Waals surface area contributed by atoms with Crippen molar-refractivity contribution in [2.24, 2.45) is 5.73 Å². The van der Waals surface area contributed by atoms with E-state index >= 15 is 0 Å². The molecule has 0 spiro atoms. The van der Waals surface area contributed by atoms with E-state index in [1.165, 1.54) is 0 Å². The Hall–Kier alpha value is -1.20. The number of aliphatic hydroxyl groups is 1. The maximum atomic E-state index is 12.9. The highest BCUT2D eigenvalue weighted by atomic mass is 19.1. The molecule has 1 atom stereocenters. The second-order valence-corrected chi connectivity index (χ2v) is 2.78. The fourth-order valence-electron chi connectivity index (χ4n) is 0.842. The molecule has 3 N–H and O–H groups in total. The topological polar surface area (TPSA) is 55.5 Å². The molecule has 0 saturated carbocycles. The van der Waals surface area contributed by atoms with Crippen LogP contribution in [0.3, 0.4) is 0 Å². The number of rotatable bonds is 4. The molecule has 0 fully saturated rings. The number of aliphatic hydroxyl groups excluding tert-OH is 1. The number of hydrogen-bond acceptors (Lipinski definition) is 3. The van der Waals surface area contributed by atoms with Crippen molar-refractivity contribution in [1.82, 2.24) is 0 Å². The summed E-state index contributed by atoms with van der Waals surface area (Å²) in [7, 11) is 0. The van der Waals surface area contributed by atoms with Crippen molar-refractivity contribution < 1.29 is 18.6 Å². The number of halogens is 2. The zero-order valence-corrected chi connectivity index (χ0v) is 7.41. The van der Waals surface area contributed by atoms with Crippen LogP contribution in [0.1, 0.15) is 0 Å². The molecule has 0 saturated heterocycles. The Labute approximate surface area is 80.1 Å². The molecule has 0 aliphatic carbocycles. The highest BCUT2D eigenvalue weighted by Crippen LogP contribution is 2.17. The number of hydrogen-bond donors (Lipinski definition) is 2. The van der Waals surface area contributed by atoms with E-state index in [1.54, 1.807) is 0 Å². The summed E-state index contributed by atoms with van der Waals surface area (Å²) in [4.78, 5) is 0. The van der Waals surface area contributed by atoms with Gasteiger partial charge in [0, 0.05) is 12.6 Å². The lowest BCUT2D eigenvalue weighted by molar-refractivity contribution is 0.111. The molecular formula is C9H11F2NO2. The molecule has 0 radical (unpaired) electrons. The van der Waals surface area contributed by atoms with Gasteiger partial charge in [0.2, 0.25) is 0 Å². The van der Waals surface area contributed by atoms with Gasteiger partial charge in [-0.25, -0.2) is 8.78 Å². The molecule has 0 aliphatic heterocycles. The van der Waals surface area contributed by atoms with Crippen LogP contribution in [-0.4, -0.2) is 24.4 Å². The molecule has 0 aromatic heterocycles. The highest BCUT2D eigenvalue weighted by molar-refractivity contribution is 5.24. The minimum Gasteiger partial charge on any atom is -0.488 e. The van der Waals surface area contributed by atoms with Crippen molar-refractivity contribution in [3.05, 3.63) is 29.8 Å². The van der Waals surface area contributed by atoms with E-state index < -0.39 is 17.7 Å². The van der Waals surface area contributed by atoms with Gasteiger partial charge in [0.05, 0.1) is 0 Å². The fraction of sp³-hybridized carbons (Fsp3) is 0.333. The molecule has 1 aromatic rings. The van der Waals surface area contributed by atoms with Crippen molar-refractivity contribution >= 4 is 0 Å². The summed E-state index contributed by atoms with van der Waals surface area (Å²) in [5.41, 5.74) is 5.11. The summed E-state index contributed by atoms with van der Waals surface area (Å²) in [6.07, 6.45) is -0.877. The van der Waals surface area contributed by atoms with Crippen molar-refractivity contribution in [2.75, 3.05) is 13.2 Å². The van der Waals surface area contributed by atoms with Crippen LogP contribution in [0.4, 0.5) is 8.78 Å². The highest BCUT2D eigenvalue weighted by Gasteiger charge is 2.07. The zero-order chi connectivity index (χ0) is 10.6. The molecule has 1 rings (SSSR count). The first-order valence-corrected chi connectivity index (χ1v) is 4.09. The van der Waals surface area contributed by atoms with E-state index in [1.807, 2.05) is 0 Å². The lowest BCUT2D eigenvalue weighted by Gasteiger charge is -2.10. The summed E-state index contributed by atoms with van der Waals surface area (Å²) in [5.74, 6) is -1.49. The molecule has 3 nitrogen and oxygen atoms in total. The molecule has 1 unspecified atom stereocenters. The lowest BCUT2D eigenvalue weighted by atomic mass is 10.3. The summed E-state index contributed by atoms with van der Waals surface area (Å²) in [6, 6.07) is 2.86. The van der Waals surface area contributed by atoms with E-state index in [0.717, 1.165) is 18.2 Å². The Morgan fingerprint density at radius 2 is 2.14 bits per heavy atom. The van der Waals surface area contributed by atoms with Crippen molar-refractivity contribution in [2.45, 2.75) is 6.10 Å². The third-order valence-corrected chi connectivity index (χ3v) is 1.60. The second kappa shape index (κ2) is 4.88. The quantitative estimate of drug-likeness (QED) is 0.756. The molecule has 14 heavy (non-hydrogen) atoms. The van der Waals surface area contributed by atoms with E-state index in [9.17, 15) is 8.78 Å². The SMILES string of the molecule is NCC(O)COc1cc(F)ccc1F. The summed E-state index contributed by atoms with van der Waals surface area (Å²) in [6.45, 7) is -0.145. The number of ether oxygens (including phenoxy) is 1. The molecule has 0 amide bonds. The molecule has 0 bridgehead atoms. The standard InChI is InChI=1S/C9H11F2NO2/c10-6-1-2-8(11)9(3-6)14-5-7(13)4-12/h1-3,7,13H,4-5,12H2. The van der Waals surface area contributed by atoms with Crippen LogP contribution in [0.25, 0.3) is 0 Å². The third-order valence-electron chi connectivity index (χ3n) is 1.60. The van der Waals surface area contributed by atoms with Crippen molar-refractivity contribution in [1.29, 1.82) is 0 Å². The Kier molecular flexibility index (Phi) is 3.79. The third kappa shape index (κ3) is 2.93. The van der Waals surface area contributed by atoms with Gasteiger partial charge in [0.25, 0.3) is 0 Å². The van der Waals surface area contributed by atoms with Crippen molar-refractivity contribution in [3.8, 4) is 5.75 Å².